The predicted octanol–water partition coefficient (Wildman–Crippen LogP) is 4.00. The van der Waals surface area contributed by atoms with E-state index in [2.05, 4.69) is 36.3 Å². The number of aromatic nitrogens is 3. The number of hydrazone groups is 1. The summed E-state index contributed by atoms with van der Waals surface area (Å²) in [6, 6.07) is 16.9. The van der Waals surface area contributed by atoms with E-state index < -0.39 is 0 Å². The Kier molecular flexibility index (Phi) is 8.58. The molecule has 0 aliphatic carbocycles. The van der Waals surface area contributed by atoms with Gasteiger partial charge in [0.05, 0.1) is 0 Å². The zero-order valence-corrected chi connectivity index (χ0v) is 18.2. The summed E-state index contributed by atoms with van der Waals surface area (Å²) in [4.78, 5) is 27.5. The second-order valence-corrected chi connectivity index (χ2v) is 7.60. The van der Waals surface area contributed by atoms with Crippen LogP contribution in [0.15, 0.2) is 70.9 Å². The molecule has 164 valence electrons. The largest absolute Gasteiger partial charge is 0.326 e. The van der Waals surface area contributed by atoms with E-state index in [-0.39, 0.29) is 18.2 Å². The van der Waals surface area contributed by atoms with Crippen LogP contribution in [-0.2, 0) is 9.59 Å². The van der Waals surface area contributed by atoms with Gasteiger partial charge in [-0.2, -0.15) is 10.1 Å². The number of H-pyrrole nitrogens is 1. The SMILES string of the molecule is CC(=O)Nc1cccc(NC(=O)CCSc2n[nH]c(N/N=C/C=C/c3ccccc3)n2)c1. The number of amides is 2. The first-order valence-corrected chi connectivity index (χ1v) is 10.8. The summed E-state index contributed by atoms with van der Waals surface area (Å²) in [5, 5.41) is 16.9. The van der Waals surface area contributed by atoms with Gasteiger partial charge in [-0.25, -0.2) is 10.5 Å². The highest BCUT2D eigenvalue weighted by Gasteiger charge is 2.07. The second-order valence-electron chi connectivity index (χ2n) is 6.53. The van der Waals surface area contributed by atoms with Crippen LogP contribution in [0.4, 0.5) is 17.3 Å². The van der Waals surface area contributed by atoms with E-state index in [0.29, 0.717) is 28.2 Å². The molecule has 10 heteroatoms. The Labute approximate surface area is 189 Å². The van der Waals surface area contributed by atoms with Crippen LogP contribution in [0.1, 0.15) is 18.9 Å². The number of aromatic amines is 1. The zero-order valence-electron chi connectivity index (χ0n) is 17.4. The molecule has 0 saturated heterocycles. The number of allylic oxidation sites excluding steroid dienone is 1. The minimum atomic E-state index is -0.167. The van der Waals surface area contributed by atoms with Crippen LogP contribution in [0.25, 0.3) is 6.08 Å². The molecule has 2 aromatic carbocycles. The molecule has 3 aromatic rings. The lowest BCUT2D eigenvalue weighted by atomic mass is 10.2. The van der Waals surface area contributed by atoms with Crippen LogP contribution < -0.4 is 16.1 Å². The van der Waals surface area contributed by atoms with Crippen molar-refractivity contribution in [3.8, 4) is 0 Å². The number of nitrogens with zero attached hydrogens (tertiary/aromatic N) is 3. The molecule has 2 amide bonds. The molecule has 3 rings (SSSR count). The smallest absolute Gasteiger partial charge is 0.240 e. The van der Waals surface area contributed by atoms with Crippen molar-refractivity contribution in [3.63, 3.8) is 0 Å². The van der Waals surface area contributed by atoms with Crippen LogP contribution in [-0.4, -0.2) is 39.0 Å². The molecule has 0 spiro atoms. The fourth-order valence-electron chi connectivity index (χ4n) is 2.56. The third-order valence-electron chi connectivity index (χ3n) is 3.91. The number of thioether (sulfide) groups is 1. The Morgan fingerprint density at radius 3 is 2.66 bits per heavy atom. The normalized spacial score (nSPS) is 11.0. The highest BCUT2D eigenvalue weighted by Crippen LogP contribution is 2.17. The number of hydrogen-bond acceptors (Lipinski definition) is 7. The summed E-state index contributed by atoms with van der Waals surface area (Å²) in [7, 11) is 0. The molecule has 0 bridgehead atoms. The monoisotopic (exact) mass is 449 g/mol. The van der Waals surface area contributed by atoms with Crippen LogP contribution in [0.3, 0.4) is 0 Å². The van der Waals surface area contributed by atoms with E-state index >= 15 is 0 Å². The number of benzene rings is 2. The average molecular weight is 450 g/mol. The lowest BCUT2D eigenvalue weighted by Gasteiger charge is -2.07. The molecule has 1 heterocycles. The Morgan fingerprint density at radius 1 is 1.09 bits per heavy atom. The number of carbonyl (C=O) groups excluding carboxylic acids is 2. The Hall–Kier alpha value is -3.92. The molecule has 0 fully saturated rings. The van der Waals surface area contributed by atoms with Gasteiger partial charge in [-0.05, 0) is 29.8 Å². The first-order valence-electron chi connectivity index (χ1n) is 9.82. The van der Waals surface area contributed by atoms with Gasteiger partial charge >= 0.3 is 0 Å². The zero-order chi connectivity index (χ0) is 22.6. The van der Waals surface area contributed by atoms with E-state index in [1.54, 1.807) is 30.5 Å². The van der Waals surface area contributed by atoms with Crippen LogP contribution in [0, 0.1) is 0 Å². The molecule has 4 N–H and O–H groups in total. The Bertz CT molecular complexity index is 1100. The number of carbonyl (C=O) groups is 2. The Morgan fingerprint density at radius 2 is 1.88 bits per heavy atom. The van der Waals surface area contributed by atoms with Crippen LogP contribution in [0.2, 0.25) is 0 Å². The molecule has 1 aromatic heterocycles. The molecule has 0 radical (unpaired) electrons. The minimum absolute atomic E-state index is 0.138. The highest BCUT2D eigenvalue weighted by atomic mass is 32.2. The van der Waals surface area contributed by atoms with Gasteiger partial charge in [0.15, 0.2) is 0 Å². The van der Waals surface area contributed by atoms with Crippen molar-refractivity contribution in [1.82, 2.24) is 15.2 Å². The van der Waals surface area contributed by atoms with Crippen molar-refractivity contribution in [3.05, 3.63) is 66.2 Å². The third-order valence-corrected chi connectivity index (χ3v) is 4.76. The number of rotatable bonds is 10. The van der Waals surface area contributed by atoms with Crippen molar-refractivity contribution >= 4 is 53.2 Å². The molecule has 0 atom stereocenters. The first-order chi connectivity index (χ1) is 15.6. The van der Waals surface area contributed by atoms with Gasteiger partial charge in [-0.1, -0.05) is 54.2 Å². The number of nitrogens with one attached hydrogen (secondary N) is 4. The Balaban J connectivity index is 1.37. The number of hydrogen-bond donors (Lipinski definition) is 4. The van der Waals surface area contributed by atoms with Gasteiger partial charge < -0.3 is 10.6 Å². The van der Waals surface area contributed by atoms with E-state index in [0.717, 1.165) is 5.56 Å². The van der Waals surface area contributed by atoms with Crippen LogP contribution >= 0.6 is 11.8 Å². The van der Waals surface area contributed by atoms with Gasteiger partial charge in [-0.15, -0.1) is 5.10 Å². The van der Waals surface area contributed by atoms with E-state index in [1.165, 1.54) is 18.7 Å². The van der Waals surface area contributed by atoms with Gasteiger partial charge in [0.25, 0.3) is 0 Å². The molecular weight excluding hydrogens is 426 g/mol. The van der Waals surface area contributed by atoms with E-state index in [9.17, 15) is 9.59 Å². The third kappa shape index (κ3) is 8.07. The molecule has 0 aliphatic heterocycles. The first kappa shape index (κ1) is 22.8. The molecule has 0 aliphatic rings. The lowest BCUT2D eigenvalue weighted by Crippen LogP contribution is -2.13. The fraction of sp³-hybridized carbons (Fsp3) is 0.136. The van der Waals surface area contributed by atoms with E-state index in [1.807, 2.05) is 42.5 Å². The molecule has 0 unspecified atom stereocenters. The number of anilines is 3. The maximum atomic E-state index is 12.1. The summed E-state index contributed by atoms with van der Waals surface area (Å²) in [5.74, 6) is 0.620. The summed E-state index contributed by atoms with van der Waals surface area (Å²) < 4.78 is 0. The maximum Gasteiger partial charge on any atom is 0.240 e. The second kappa shape index (κ2) is 12.1. The van der Waals surface area contributed by atoms with Crippen molar-refractivity contribution in [2.24, 2.45) is 5.10 Å². The summed E-state index contributed by atoms with van der Waals surface area (Å²) in [5.41, 5.74) is 5.10. The molecule has 0 saturated carbocycles. The summed E-state index contributed by atoms with van der Waals surface area (Å²) >= 11 is 1.36. The maximum absolute atomic E-state index is 12.1. The standard InChI is InChI=1S/C22H23N7O2S/c1-16(30)24-18-10-5-11-19(15-18)25-20(31)12-14-32-22-26-21(28-29-22)27-23-13-6-9-17-7-3-2-4-8-17/h2-11,13,15H,12,14H2,1H3,(H,24,30)(H,25,31)(H2,26,27,28,29)/b9-6+,23-13+. The topological polar surface area (TPSA) is 124 Å². The highest BCUT2D eigenvalue weighted by molar-refractivity contribution is 7.99. The van der Waals surface area contributed by atoms with E-state index in [4.69, 9.17) is 0 Å². The van der Waals surface area contributed by atoms with Crippen molar-refractivity contribution in [2.75, 3.05) is 21.8 Å². The molecule has 9 nitrogen and oxygen atoms in total. The van der Waals surface area contributed by atoms with Gasteiger partial charge in [0.1, 0.15) is 0 Å². The van der Waals surface area contributed by atoms with Crippen molar-refractivity contribution in [2.45, 2.75) is 18.5 Å². The van der Waals surface area contributed by atoms with Crippen molar-refractivity contribution < 1.29 is 9.59 Å². The van der Waals surface area contributed by atoms with Crippen LogP contribution in [0.5, 0.6) is 0 Å². The summed E-state index contributed by atoms with van der Waals surface area (Å²) in [6.07, 6.45) is 5.66. The van der Waals surface area contributed by atoms with Gasteiger partial charge in [0, 0.05) is 36.7 Å². The quantitative estimate of drug-likeness (QED) is 0.211. The minimum Gasteiger partial charge on any atom is -0.326 e. The average Bonchev–Trinajstić information content (AvgIpc) is 3.21. The predicted molar refractivity (Wildman–Crippen MR) is 129 cm³/mol. The lowest BCUT2D eigenvalue weighted by molar-refractivity contribution is -0.116. The molecular formula is C22H23N7O2S. The summed E-state index contributed by atoms with van der Waals surface area (Å²) in [6.45, 7) is 1.43. The van der Waals surface area contributed by atoms with Gasteiger partial charge in [-0.3, -0.25) is 9.59 Å². The van der Waals surface area contributed by atoms with Crippen molar-refractivity contribution in [1.29, 1.82) is 0 Å². The fourth-order valence-corrected chi connectivity index (χ4v) is 3.29. The molecule has 32 heavy (non-hydrogen) atoms. The van der Waals surface area contributed by atoms with Gasteiger partial charge in [0.2, 0.25) is 22.9 Å².